The Balaban J connectivity index is 1.83. The Morgan fingerprint density at radius 1 is 0.821 bits per heavy atom. The monoisotopic (exact) mass is 372 g/mol. The van der Waals surface area contributed by atoms with Gasteiger partial charge in [-0.1, -0.05) is 48.5 Å². The van der Waals surface area contributed by atoms with E-state index in [1.54, 1.807) is 36.4 Å². The Morgan fingerprint density at radius 3 is 2.14 bits per heavy atom. The number of amides is 2. The molecule has 2 amide bonds. The zero-order valence-electron chi connectivity index (χ0n) is 15.4. The van der Waals surface area contributed by atoms with Gasteiger partial charge in [-0.2, -0.15) is 0 Å². The average molecular weight is 372 g/mol. The third kappa shape index (κ3) is 5.08. The SMILES string of the molecule is CNC(=O)/C(=C\c1cccc(Oc2ccccc2)c1)NC(=O)c1ccccc1. The molecule has 5 heteroatoms. The molecule has 5 nitrogen and oxygen atoms in total. The summed E-state index contributed by atoms with van der Waals surface area (Å²) in [5.74, 6) is 0.601. The van der Waals surface area contributed by atoms with Crippen LogP contribution in [0.25, 0.3) is 6.08 Å². The maximum atomic E-state index is 12.4. The van der Waals surface area contributed by atoms with Crippen LogP contribution < -0.4 is 15.4 Å². The van der Waals surface area contributed by atoms with Gasteiger partial charge in [-0.05, 0) is 48.0 Å². The fraction of sp³-hybridized carbons (Fsp3) is 0.0435. The maximum Gasteiger partial charge on any atom is 0.267 e. The predicted octanol–water partition coefficient (Wildman–Crippen LogP) is 4.00. The molecular formula is C23H20N2O3. The summed E-state index contributed by atoms with van der Waals surface area (Å²) in [6.45, 7) is 0. The van der Waals surface area contributed by atoms with Crippen molar-refractivity contribution in [1.29, 1.82) is 0 Å². The number of ether oxygens (including phenoxy) is 1. The minimum absolute atomic E-state index is 0.146. The first kappa shape index (κ1) is 18.9. The molecule has 3 rings (SSSR count). The molecule has 0 heterocycles. The summed E-state index contributed by atoms with van der Waals surface area (Å²) in [5.41, 5.74) is 1.34. The highest BCUT2D eigenvalue weighted by atomic mass is 16.5. The fourth-order valence-electron chi connectivity index (χ4n) is 2.54. The van der Waals surface area contributed by atoms with Crippen molar-refractivity contribution in [3.05, 3.63) is 102 Å². The highest BCUT2D eigenvalue weighted by molar-refractivity contribution is 6.05. The molecular weight excluding hydrogens is 352 g/mol. The highest BCUT2D eigenvalue weighted by Gasteiger charge is 2.13. The highest BCUT2D eigenvalue weighted by Crippen LogP contribution is 2.22. The van der Waals surface area contributed by atoms with Crippen LogP contribution in [0.1, 0.15) is 15.9 Å². The second kappa shape index (κ2) is 9.19. The summed E-state index contributed by atoms with van der Waals surface area (Å²) in [5, 5.41) is 5.21. The quantitative estimate of drug-likeness (QED) is 0.643. The number of nitrogens with one attached hydrogen (secondary N) is 2. The molecule has 0 atom stereocenters. The lowest BCUT2D eigenvalue weighted by molar-refractivity contribution is -0.117. The van der Waals surface area contributed by atoms with Crippen LogP contribution in [0.15, 0.2) is 90.6 Å². The molecule has 0 aliphatic heterocycles. The summed E-state index contributed by atoms with van der Waals surface area (Å²) in [7, 11) is 1.51. The predicted molar refractivity (Wildman–Crippen MR) is 109 cm³/mol. The van der Waals surface area contributed by atoms with E-state index in [-0.39, 0.29) is 11.6 Å². The van der Waals surface area contributed by atoms with Crippen LogP contribution in [-0.2, 0) is 4.79 Å². The number of para-hydroxylation sites is 1. The van der Waals surface area contributed by atoms with Crippen LogP contribution in [0, 0.1) is 0 Å². The summed E-state index contributed by atoms with van der Waals surface area (Å²) in [4.78, 5) is 24.7. The average Bonchev–Trinajstić information content (AvgIpc) is 2.74. The molecule has 0 saturated heterocycles. The Kier molecular flexibility index (Phi) is 6.21. The van der Waals surface area contributed by atoms with Crippen molar-refractivity contribution in [3.63, 3.8) is 0 Å². The minimum Gasteiger partial charge on any atom is -0.457 e. The molecule has 140 valence electrons. The van der Waals surface area contributed by atoms with E-state index in [0.29, 0.717) is 17.1 Å². The van der Waals surface area contributed by atoms with Gasteiger partial charge in [0, 0.05) is 12.6 Å². The zero-order valence-corrected chi connectivity index (χ0v) is 15.4. The second-order valence-electron chi connectivity index (χ2n) is 5.94. The number of hydrogen-bond acceptors (Lipinski definition) is 3. The van der Waals surface area contributed by atoms with E-state index in [2.05, 4.69) is 10.6 Å². The lowest BCUT2D eigenvalue weighted by atomic mass is 10.1. The van der Waals surface area contributed by atoms with E-state index >= 15 is 0 Å². The normalized spacial score (nSPS) is 10.8. The van der Waals surface area contributed by atoms with Crippen LogP contribution in [0.3, 0.4) is 0 Å². The molecule has 28 heavy (non-hydrogen) atoms. The molecule has 0 bridgehead atoms. The largest absolute Gasteiger partial charge is 0.457 e. The molecule has 0 fully saturated rings. The first-order valence-corrected chi connectivity index (χ1v) is 8.79. The van der Waals surface area contributed by atoms with Crippen LogP contribution in [0.5, 0.6) is 11.5 Å². The van der Waals surface area contributed by atoms with Crippen molar-refractivity contribution in [2.75, 3.05) is 7.05 Å². The lowest BCUT2D eigenvalue weighted by Crippen LogP contribution is -2.33. The Bertz CT molecular complexity index is 983. The molecule has 0 aromatic heterocycles. The Hall–Kier alpha value is -3.86. The van der Waals surface area contributed by atoms with Crippen LogP contribution >= 0.6 is 0 Å². The Morgan fingerprint density at radius 2 is 1.46 bits per heavy atom. The molecule has 3 aromatic carbocycles. The number of benzene rings is 3. The van der Waals surface area contributed by atoms with Crippen molar-refractivity contribution >= 4 is 17.9 Å². The molecule has 3 aromatic rings. The topological polar surface area (TPSA) is 67.4 Å². The van der Waals surface area contributed by atoms with Crippen molar-refractivity contribution in [2.24, 2.45) is 0 Å². The zero-order chi connectivity index (χ0) is 19.8. The van der Waals surface area contributed by atoms with E-state index in [9.17, 15) is 9.59 Å². The van der Waals surface area contributed by atoms with E-state index in [0.717, 1.165) is 5.56 Å². The maximum absolute atomic E-state index is 12.4. The smallest absolute Gasteiger partial charge is 0.267 e. The number of carbonyl (C=O) groups excluding carboxylic acids is 2. The molecule has 0 spiro atoms. The number of rotatable bonds is 6. The van der Waals surface area contributed by atoms with E-state index in [4.69, 9.17) is 4.74 Å². The third-order valence-corrected chi connectivity index (χ3v) is 3.90. The van der Waals surface area contributed by atoms with Gasteiger partial charge in [-0.3, -0.25) is 9.59 Å². The number of hydrogen-bond donors (Lipinski definition) is 2. The molecule has 0 aliphatic carbocycles. The van der Waals surface area contributed by atoms with Crippen LogP contribution in [-0.4, -0.2) is 18.9 Å². The summed E-state index contributed by atoms with van der Waals surface area (Å²) in [6.07, 6.45) is 1.61. The molecule has 0 aliphatic rings. The first-order valence-electron chi connectivity index (χ1n) is 8.79. The van der Waals surface area contributed by atoms with Crippen LogP contribution in [0.4, 0.5) is 0 Å². The molecule has 0 radical (unpaired) electrons. The van der Waals surface area contributed by atoms with Crippen molar-refractivity contribution in [2.45, 2.75) is 0 Å². The Labute approximate surface area is 163 Å². The van der Waals surface area contributed by atoms with Gasteiger partial charge in [-0.15, -0.1) is 0 Å². The number of carbonyl (C=O) groups is 2. The fourth-order valence-corrected chi connectivity index (χ4v) is 2.54. The van der Waals surface area contributed by atoms with Gasteiger partial charge in [0.1, 0.15) is 17.2 Å². The van der Waals surface area contributed by atoms with Crippen molar-refractivity contribution < 1.29 is 14.3 Å². The number of likely N-dealkylation sites (N-methyl/N-ethyl adjacent to an activating group) is 1. The van der Waals surface area contributed by atoms with E-state index < -0.39 is 5.91 Å². The van der Waals surface area contributed by atoms with Crippen LogP contribution in [0.2, 0.25) is 0 Å². The second-order valence-corrected chi connectivity index (χ2v) is 5.94. The van der Waals surface area contributed by atoms with E-state index in [1.165, 1.54) is 7.05 Å². The first-order chi connectivity index (χ1) is 13.7. The van der Waals surface area contributed by atoms with Crippen molar-refractivity contribution in [3.8, 4) is 11.5 Å². The van der Waals surface area contributed by atoms with Gasteiger partial charge in [0.25, 0.3) is 11.8 Å². The summed E-state index contributed by atoms with van der Waals surface area (Å²) >= 11 is 0. The van der Waals surface area contributed by atoms with Gasteiger partial charge in [-0.25, -0.2) is 0 Å². The molecule has 2 N–H and O–H groups in total. The molecule has 0 saturated carbocycles. The standard InChI is InChI=1S/C23H20N2O3/c1-24-23(27)21(25-22(26)18-10-4-2-5-11-18)16-17-9-8-14-20(15-17)28-19-12-6-3-7-13-19/h2-16H,1H3,(H,24,27)(H,25,26)/b21-16+. The van der Waals surface area contributed by atoms with Gasteiger partial charge in [0.15, 0.2) is 0 Å². The van der Waals surface area contributed by atoms with Gasteiger partial charge >= 0.3 is 0 Å². The summed E-state index contributed by atoms with van der Waals surface area (Å²) < 4.78 is 5.82. The van der Waals surface area contributed by atoms with Gasteiger partial charge in [0.2, 0.25) is 0 Å². The van der Waals surface area contributed by atoms with Gasteiger partial charge in [0.05, 0.1) is 0 Å². The van der Waals surface area contributed by atoms with E-state index in [1.807, 2.05) is 54.6 Å². The lowest BCUT2D eigenvalue weighted by Gasteiger charge is -2.10. The third-order valence-electron chi connectivity index (χ3n) is 3.90. The minimum atomic E-state index is -0.390. The van der Waals surface area contributed by atoms with Gasteiger partial charge < -0.3 is 15.4 Å². The van der Waals surface area contributed by atoms with Crippen molar-refractivity contribution in [1.82, 2.24) is 10.6 Å². The summed E-state index contributed by atoms with van der Waals surface area (Å²) in [6, 6.07) is 25.4. The molecule has 0 unspecified atom stereocenters.